The maximum Gasteiger partial charge on any atom is 0.142 e. The molecule has 0 aromatic carbocycles. The van der Waals surface area contributed by atoms with Crippen molar-refractivity contribution in [1.82, 2.24) is 9.55 Å². The van der Waals surface area contributed by atoms with Crippen molar-refractivity contribution < 1.29 is 0 Å². The molecule has 1 aromatic heterocycles. The van der Waals surface area contributed by atoms with Crippen LogP contribution in [0.15, 0.2) is 6.33 Å². The third-order valence-corrected chi connectivity index (χ3v) is 2.14. The molecule has 0 amide bonds. The highest BCUT2D eigenvalue weighted by atomic mass is 15.0. The van der Waals surface area contributed by atoms with E-state index < -0.39 is 0 Å². The van der Waals surface area contributed by atoms with Crippen LogP contribution in [0.5, 0.6) is 0 Å². The topological polar surface area (TPSA) is 41.6 Å². The maximum absolute atomic E-state index is 8.83. The van der Waals surface area contributed by atoms with Crippen LogP contribution in [-0.2, 0) is 13.5 Å². The van der Waals surface area contributed by atoms with Gasteiger partial charge in [-0.15, -0.1) is 0 Å². The number of rotatable bonds is 4. The third kappa shape index (κ3) is 2.32. The number of aromatic nitrogens is 2. The van der Waals surface area contributed by atoms with Gasteiger partial charge in [0.2, 0.25) is 0 Å². The molecule has 70 valence electrons. The van der Waals surface area contributed by atoms with Gasteiger partial charge in [-0.25, -0.2) is 4.98 Å². The average molecular weight is 177 g/mol. The van der Waals surface area contributed by atoms with Crippen molar-refractivity contribution in [3.05, 3.63) is 17.7 Å². The smallest absolute Gasteiger partial charge is 0.142 e. The van der Waals surface area contributed by atoms with Gasteiger partial charge in [0, 0.05) is 7.05 Å². The quantitative estimate of drug-likeness (QED) is 0.660. The van der Waals surface area contributed by atoms with Crippen molar-refractivity contribution in [2.75, 3.05) is 0 Å². The lowest BCUT2D eigenvalue weighted by Gasteiger charge is -1.96. The highest BCUT2D eigenvalue weighted by molar-refractivity contribution is 5.26. The van der Waals surface area contributed by atoms with Gasteiger partial charge in [0.1, 0.15) is 11.8 Å². The highest BCUT2D eigenvalue weighted by Crippen LogP contribution is 2.09. The molecule has 0 aliphatic carbocycles. The molecular formula is C10H15N3. The minimum atomic E-state index is 0.705. The normalized spacial score (nSPS) is 9.92. The number of imidazole rings is 1. The van der Waals surface area contributed by atoms with Crippen molar-refractivity contribution in [2.45, 2.75) is 32.6 Å². The van der Waals surface area contributed by atoms with Crippen molar-refractivity contribution in [3.63, 3.8) is 0 Å². The predicted molar refractivity (Wildman–Crippen MR) is 51.2 cm³/mol. The fraction of sp³-hybridized carbons (Fsp3) is 0.600. The van der Waals surface area contributed by atoms with Crippen LogP contribution in [0.4, 0.5) is 0 Å². The standard InChI is InChI=1S/C10H15N3/c1-3-4-5-6-9-10(7-11)13(2)8-12-9/h8H,3-6H2,1-2H3. The molecule has 0 atom stereocenters. The molecule has 0 aliphatic heterocycles. The Bertz CT molecular complexity index is 306. The molecule has 0 aliphatic rings. The molecule has 3 nitrogen and oxygen atoms in total. The van der Waals surface area contributed by atoms with E-state index in [-0.39, 0.29) is 0 Å². The van der Waals surface area contributed by atoms with Gasteiger partial charge in [0.05, 0.1) is 12.0 Å². The van der Waals surface area contributed by atoms with E-state index in [1.807, 2.05) is 7.05 Å². The summed E-state index contributed by atoms with van der Waals surface area (Å²) in [5.41, 5.74) is 1.65. The predicted octanol–water partition coefficient (Wildman–Crippen LogP) is 2.02. The second kappa shape index (κ2) is 4.66. The van der Waals surface area contributed by atoms with Gasteiger partial charge >= 0.3 is 0 Å². The summed E-state index contributed by atoms with van der Waals surface area (Å²) in [7, 11) is 1.86. The van der Waals surface area contributed by atoms with Crippen molar-refractivity contribution >= 4 is 0 Å². The first-order chi connectivity index (χ1) is 6.29. The Balaban J connectivity index is 2.62. The lowest BCUT2D eigenvalue weighted by Crippen LogP contribution is -1.94. The summed E-state index contributed by atoms with van der Waals surface area (Å²) in [5.74, 6) is 0. The summed E-state index contributed by atoms with van der Waals surface area (Å²) in [5, 5.41) is 8.83. The van der Waals surface area contributed by atoms with Crippen molar-refractivity contribution in [3.8, 4) is 6.07 Å². The Morgan fingerprint density at radius 1 is 1.54 bits per heavy atom. The molecule has 0 fully saturated rings. The minimum absolute atomic E-state index is 0.705. The molecule has 13 heavy (non-hydrogen) atoms. The van der Waals surface area contributed by atoms with Crippen molar-refractivity contribution in [2.24, 2.45) is 7.05 Å². The molecule has 1 aromatic rings. The Hall–Kier alpha value is -1.30. The van der Waals surface area contributed by atoms with E-state index in [1.54, 1.807) is 10.9 Å². The van der Waals surface area contributed by atoms with E-state index in [2.05, 4.69) is 18.0 Å². The Kier molecular flexibility index (Phi) is 3.51. The zero-order chi connectivity index (χ0) is 9.68. The first-order valence-corrected chi connectivity index (χ1v) is 4.70. The average Bonchev–Trinajstić information content (AvgIpc) is 2.47. The summed E-state index contributed by atoms with van der Waals surface area (Å²) in [6.07, 6.45) is 6.18. The maximum atomic E-state index is 8.83. The number of nitrogens with zero attached hydrogens (tertiary/aromatic N) is 3. The molecule has 1 heterocycles. The minimum Gasteiger partial charge on any atom is -0.325 e. The van der Waals surface area contributed by atoms with Crippen LogP contribution in [0.3, 0.4) is 0 Å². The molecule has 1 rings (SSSR count). The van der Waals surface area contributed by atoms with Crippen LogP contribution in [-0.4, -0.2) is 9.55 Å². The van der Waals surface area contributed by atoms with Crippen LogP contribution in [0, 0.1) is 11.3 Å². The number of hydrogen-bond acceptors (Lipinski definition) is 2. The van der Waals surface area contributed by atoms with Crippen LogP contribution in [0.1, 0.15) is 37.6 Å². The lowest BCUT2D eigenvalue weighted by atomic mass is 10.1. The molecule has 0 saturated carbocycles. The molecule has 0 radical (unpaired) electrons. The fourth-order valence-corrected chi connectivity index (χ4v) is 1.35. The zero-order valence-electron chi connectivity index (χ0n) is 8.25. The van der Waals surface area contributed by atoms with E-state index >= 15 is 0 Å². The Labute approximate surface area is 79.0 Å². The summed E-state index contributed by atoms with van der Waals surface area (Å²) in [6, 6.07) is 2.17. The van der Waals surface area contributed by atoms with Gasteiger partial charge in [0.25, 0.3) is 0 Å². The number of aryl methyl sites for hydroxylation is 2. The van der Waals surface area contributed by atoms with Gasteiger partial charge in [-0.3, -0.25) is 0 Å². The monoisotopic (exact) mass is 177 g/mol. The summed E-state index contributed by atoms with van der Waals surface area (Å²) < 4.78 is 1.78. The molecule has 0 spiro atoms. The molecule has 0 N–H and O–H groups in total. The number of hydrogen-bond donors (Lipinski definition) is 0. The second-order valence-electron chi connectivity index (χ2n) is 3.22. The number of nitriles is 1. The van der Waals surface area contributed by atoms with Gasteiger partial charge in [0.15, 0.2) is 0 Å². The first kappa shape index (κ1) is 9.79. The van der Waals surface area contributed by atoms with Gasteiger partial charge in [-0.2, -0.15) is 5.26 Å². The van der Waals surface area contributed by atoms with Crippen LogP contribution in [0.2, 0.25) is 0 Å². The molecule has 3 heteroatoms. The molecule has 0 bridgehead atoms. The van der Waals surface area contributed by atoms with E-state index in [0.29, 0.717) is 5.69 Å². The Morgan fingerprint density at radius 3 is 2.92 bits per heavy atom. The largest absolute Gasteiger partial charge is 0.325 e. The third-order valence-electron chi connectivity index (χ3n) is 2.14. The molecule has 0 unspecified atom stereocenters. The van der Waals surface area contributed by atoms with E-state index in [9.17, 15) is 0 Å². The van der Waals surface area contributed by atoms with Gasteiger partial charge in [-0.05, 0) is 12.8 Å². The van der Waals surface area contributed by atoms with Gasteiger partial charge in [-0.1, -0.05) is 19.8 Å². The summed E-state index contributed by atoms with van der Waals surface area (Å²) in [6.45, 7) is 2.17. The van der Waals surface area contributed by atoms with Crippen molar-refractivity contribution in [1.29, 1.82) is 5.26 Å². The molecule has 0 saturated heterocycles. The molecular weight excluding hydrogens is 162 g/mol. The lowest BCUT2D eigenvalue weighted by molar-refractivity contribution is 0.707. The first-order valence-electron chi connectivity index (χ1n) is 4.70. The van der Waals surface area contributed by atoms with E-state index in [4.69, 9.17) is 5.26 Å². The Morgan fingerprint density at radius 2 is 2.31 bits per heavy atom. The zero-order valence-corrected chi connectivity index (χ0v) is 8.25. The SMILES string of the molecule is CCCCCc1ncn(C)c1C#N. The highest BCUT2D eigenvalue weighted by Gasteiger charge is 2.06. The number of unbranched alkanes of at least 4 members (excludes halogenated alkanes) is 2. The fourth-order valence-electron chi connectivity index (χ4n) is 1.35. The van der Waals surface area contributed by atoms with Crippen LogP contribution >= 0.6 is 0 Å². The summed E-state index contributed by atoms with van der Waals surface area (Å²) in [4.78, 5) is 4.20. The van der Waals surface area contributed by atoms with E-state index in [0.717, 1.165) is 18.5 Å². The van der Waals surface area contributed by atoms with Crippen LogP contribution < -0.4 is 0 Å². The van der Waals surface area contributed by atoms with E-state index in [1.165, 1.54) is 12.8 Å². The second-order valence-corrected chi connectivity index (χ2v) is 3.22. The summed E-state index contributed by atoms with van der Waals surface area (Å²) >= 11 is 0. The van der Waals surface area contributed by atoms with Gasteiger partial charge < -0.3 is 4.57 Å². The van der Waals surface area contributed by atoms with Crippen LogP contribution in [0.25, 0.3) is 0 Å².